The van der Waals surface area contributed by atoms with Gasteiger partial charge >= 0.3 is 0 Å². The Bertz CT molecular complexity index is 425. The molecule has 1 saturated heterocycles. The van der Waals surface area contributed by atoms with Crippen LogP contribution in [0.5, 0.6) is 0 Å². The summed E-state index contributed by atoms with van der Waals surface area (Å²) in [5, 5.41) is 3.16. The first-order valence-electron chi connectivity index (χ1n) is 5.85. The Labute approximate surface area is 116 Å². The van der Waals surface area contributed by atoms with E-state index < -0.39 is 23.5 Å². The van der Waals surface area contributed by atoms with Gasteiger partial charge in [-0.15, -0.1) is 19.0 Å². The largest absolute Gasteiger partial charge is 0.314 e. The molecule has 2 nitrogen and oxygen atoms in total. The first kappa shape index (κ1) is 16.0. The third kappa shape index (κ3) is 3.49. The summed E-state index contributed by atoms with van der Waals surface area (Å²) in [5.74, 6) is -2.64. The van der Waals surface area contributed by atoms with Crippen molar-refractivity contribution in [3.05, 3.63) is 47.8 Å². The fourth-order valence-electron chi connectivity index (χ4n) is 2.25. The summed E-state index contributed by atoms with van der Waals surface area (Å²) in [6.45, 7) is 6.49. The van der Waals surface area contributed by atoms with Gasteiger partial charge in [0.1, 0.15) is 17.5 Å². The smallest absolute Gasteiger partial charge is 0.134 e. The molecule has 1 N–H and O–H groups in total. The third-order valence-electron chi connectivity index (χ3n) is 3.11. The Morgan fingerprint density at radius 3 is 2.16 bits per heavy atom. The van der Waals surface area contributed by atoms with Crippen LogP contribution in [-0.4, -0.2) is 31.1 Å². The van der Waals surface area contributed by atoms with Gasteiger partial charge in [0.15, 0.2) is 0 Å². The molecular formula is C13H16ClF3N2. The maximum atomic E-state index is 13.7. The van der Waals surface area contributed by atoms with Crippen LogP contribution in [0.15, 0.2) is 24.8 Å². The first-order chi connectivity index (χ1) is 8.63. The number of piperazine rings is 1. The van der Waals surface area contributed by atoms with E-state index in [2.05, 4.69) is 11.9 Å². The summed E-state index contributed by atoms with van der Waals surface area (Å²) in [4.78, 5) is 1.92. The highest BCUT2D eigenvalue weighted by molar-refractivity contribution is 5.85. The van der Waals surface area contributed by atoms with Crippen LogP contribution < -0.4 is 5.32 Å². The zero-order chi connectivity index (χ0) is 13.1. The molecule has 1 aromatic carbocycles. The van der Waals surface area contributed by atoms with Crippen molar-refractivity contribution in [1.82, 2.24) is 10.2 Å². The van der Waals surface area contributed by atoms with Gasteiger partial charge in [0.05, 0.1) is 6.04 Å². The van der Waals surface area contributed by atoms with E-state index in [9.17, 15) is 13.2 Å². The molecule has 1 aromatic rings. The highest BCUT2D eigenvalue weighted by atomic mass is 35.5. The van der Waals surface area contributed by atoms with Crippen molar-refractivity contribution in [1.29, 1.82) is 0 Å². The molecule has 0 radical (unpaired) electrons. The number of hydrogen-bond acceptors (Lipinski definition) is 2. The molecular weight excluding hydrogens is 277 g/mol. The lowest BCUT2D eigenvalue weighted by Gasteiger charge is -2.33. The van der Waals surface area contributed by atoms with Crippen LogP contribution in [0.3, 0.4) is 0 Å². The van der Waals surface area contributed by atoms with Gasteiger partial charge in [0.25, 0.3) is 0 Å². The highest BCUT2D eigenvalue weighted by Gasteiger charge is 2.25. The van der Waals surface area contributed by atoms with Crippen molar-refractivity contribution in [3.8, 4) is 0 Å². The van der Waals surface area contributed by atoms with Crippen LogP contribution >= 0.6 is 12.4 Å². The van der Waals surface area contributed by atoms with Crippen LogP contribution in [0, 0.1) is 17.5 Å². The zero-order valence-electron chi connectivity index (χ0n) is 10.3. The second-order valence-corrected chi connectivity index (χ2v) is 4.25. The lowest BCUT2D eigenvalue weighted by Crippen LogP contribution is -2.45. The minimum absolute atomic E-state index is 0. The summed E-state index contributed by atoms with van der Waals surface area (Å²) in [7, 11) is 0. The minimum Gasteiger partial charge on any atom is -0.314 e. The summed E-state index contributed by atoms with van der Waals surface area (Å²) < 4.78 is 40.4. The lowest BCUT2D eigenvalue weighted by molar-refractivity contribution is 0.197. The summed E-state index contributed by atoms with van der Waals surface area (Å²) in [6, 6.07) is 0.849. The van der Waals surface area contributed by atoms with Gasteiger partial charge < -0.3 is 5.32 Å². The average Bonchev–Trinajstić information content (AvgIpc) is 2.34. The fourth-order valence-corrected chi connectivity index (χ4v) is 2.25. The van der Waals surface area contributed by atoms with E-state index in [1.165, 1.54) is 6.08 Å². The molecule has 106 valence electrons. The van der Waals surface area contributed by atoms with Crippen LogP contribution in [0.4, 0.5) is 13.2 Å². The van der Waals surface area contributed by atoms with Crippen molar-refractivity contribution in [2.75, 3.05) is 26.2 Å². The minimum atomic E-state index is -0.906. The molecule has 6 heteroatoms. The third-order valence-corrected chi connectivity index (χ3v) is 3.11. The van der Waals surface area contributed by atoms with Crippen LogP contribution in [0.2, 0.25) is 0 Å². The second kappa shape index (κ2) is 6.93. The van der Waals surface area contributed by atoms with Gasteiger partial charge in [-0.25, -0.2) is 13.2 Å². The highest BCUT2D eigenvalue weighted by Crippen LogP contribution is 2.28. The molecule has 0 amide bonds. The summed E-state index contributed by atoms with van der Waals surface area (Å²) in [5.41, 5.74) is -0.131. The Morgan fingerprint density at radius 1 is 1.16 bits per heavy atom. The topological polar surface area (TPSA) is 15.3 Å². The number of nitrogens with zero attached hydrogens (tertiary/aromatic N) is 1. The first-order valence-corrected chi connectivity index (χ1v) is 5.85. The molecule has 0 bridgehead atoms. The van der Waals surface area contributed by atoms with Crippen molar-refractivity contribution < 1.29 is 13.2 Å². The Hall–Kier alpha value is -1.04. The van der Waals surface area contributed by atoms with Crippen LogP contribution in [-0.2, 0) is 0 Å². The van der Waals surface area contributed by atoms with E-state index in [0.29, 0.717) is 25.2 Å². The molecule has 2 rings (SSSR count). The molecule has 0 aromatic heterocycles. The molecule has 1 atom stereocenters. The number of halogens is 4. The van der Waals surface area contributed by atoms with Crippen molar-refractivity contribution >= 4 is 12.4 Å². The Morgan fingerprint density at radius 2 is 1.68 bits per heavy atom. The molecule has 1 heterocycles. The van der Waals surface area contributed by atoms with Gasteiger partial charge in [-0.2, -0.15) is 0 Å². The zero-order valence-corrected chi connectivity index (χ0v) is 11.2. The molecule has 19 heavy (non-hydrogen) atoms. The van der Waals surface area contributed by atoms with Crippen molar-refractivity contribution in [3.63, 3.8) is 0 Å². The number of nitrogens with one attached hydrogen (secondary N) is 1. The molecule has 1 fully saturated rings. The van der Waals surface area contributed by atoms with Crippen molar-refractivity contribution in [2.45, 2.75) is 6.04 Å². The summed E-state index contributed by atoms with van der Waals surface area (Å²) in [6.07, 6.45) is 1.49. The van der Waals surface area contributed by atoms with E-state index in [1.54, 1.807) is 0 Å². The molecule has 0 spiro atoms. The predicted molar refractivity (Wildman–Crippen MR) is 70.9 cm³/mol. The number of hydrogen-bond donors (Lipinski definition) is 1. The quantitative estimate of drug-likeness (QED) is 0.862. The molecule has 0 unspecified atom stereocenters. The SMILES string of the molecule is C=C[C@@H](c1c(F)cc(F)cc1F)N1CCNCC1.Cl. The molecule has 1 aliphatic rings. The summed E-state index contributed by atoms with van der Waals surface area (Å²) >= 11 is 0. The van der Waals surface area contributed by atoms with E-state index in [0.717, 1.165) is 13.1 Å². The van der Waals surface area contributed by atoms with Crippen molar-refractivity contribution in [2.24, 2.45) is 0 Å². The lowest BCUT2D eigenvalue weighted by atomic mass is 10.0. The molecule has 1 aliphatic heterocycles. The average molecular weight is 293 g/mol. The monoisotopic (exact) mass is 292 g/mol. The normalized spacial score (nSPS) is 17.6. The maximum Gasteiger partial charge on any atom is 0.134 e. The molecule has 0 saturated carbocycles. The Balaban J connectivity index is 0.00000180. The van der Waals surface area contributed by atoms with Gasteiger partial charge in [0, 0.05) is 43.9 Å². The maximum absolute atomic E-state index is 13.7. The van der Waals surface area contributed by atoms with E-state index in [-0.39, 0.29) is 18.0 Å². The number of rotatable bonds is 3. The standard InChI is InChI=1S/C13H15F3N2.ClH/c1-2-12(18-5-3-17-4-6-18)13-10(15)7-9(14)8-11(13)16;/h2,7-8,12,17H,1,3-6H2;1H/t12-;/m0./s1. The van der Waals surface area contributed by atoms with Crippen LogP contribution in [0.1, 0.15) is 11.6 Å². The Kier molecular flexibility index (Phi) is 5.85. The van der Waals surface area contributed by atoms with E-state index in [4.69, 9.17) is 0 Å². The molecule has 0 aliphatic carbocycles. The van der Waals surface area contributed by atoms with E-state index >= 15 is 0 Å². The van der Waals surface area contributed by atoms with Gasteiger partial charge in [0.2, 0.25) is 0 Å². The van der Waals surface area contributed by atoms with E-state index in [1.807, 2.05) is 4.90 Å². The number of benzene rings is 1. The fraction of sp³-hybridized carbons (Fsp3) is 0.385. The predicted octanol–water partition coefficient (Wildman–Crippen LogP) is 2.66. The van der Waals surface area contributed by atoms with Gasteiger partial charge in [-0.3, -0.25) is 4.90 Å². The second-order valence-electron chi connectivity index (χ2n) is 4.25. The van der Waals surface area contributed by atoms with Gasteiger partial charge in [-0.1, -0.05) is 6.08 Å². The van der Waals surface area contributed by atoms with Crippen LogP contribution in [0.25, 0.3) is 0 Å². The van der Waals surface area contributed by atoms with Gasteiger partial charge in [-0.05, 0) is 0 Å².